The van der Waals surface area contributed by atoms with Gasteiger partial charge in [-0.15, -0.1) is 0 Å². The first-order chi connectivity index (χ1) is 9.12. The lowest BCUT2D eigenvalue weighted by molar-refractivity contribution is 0.234. The van der Waals surface area contributed by atoms with Crippen molar-refractivity contribution in [2.24, 2.45) is 0 Å². The molecule has 1 rings (SSSR count). The summed E-state index contributed by atoms with van der Waals surface area (Å²) in [5, 5.41) is 3.57. The monoisotopic (exact) mass is 277 g/mol. The number of benzene rings is 1. The third-order valence-electron chi connectivity index (χ3n) is 3.38. The van der Waals surface area contributed by atoms with Gasteiger partial charge in [-0.05, 0) is 64.6 Å². The van der Waals surface area contributed by atoms with Crippen molar-refractivity contribution in [1.29, 1.82) is 0 Å². The van der Waals surface area contributed by atoms with Gasteiger partial charge in [0.05, 0.1) is 6.10 Å². The second kappa shape index (κ2) is 6.62. The average molecular weight is 277 g/mol. The smallest absolute Gasteiger partial charge is 0.123 e. The van der Waals surface area contributed by atoms with Gasteiger partial charge in [0.15, 0.2) is 0 Å². The number of rotatable bonds is 6. The first-order valence-corrected chi connectivity index (χ1v) is 7.63. The van der Waals surface area contributed by atoms with Crippen LogP contribution in [0.5, 0.6) is 5.75 Å². The highest BCUT2D eigenvalue weighted by atomic mass is 16.5. The van der Waals surface area contributed by atoms with Gasteiger partial charge in [0, 0.05) is 5.54 Å². The van der Waals surface area contributed by atoms with Crippen molar-refractivity contribution in [1.82, 2.24) is 5.32 Å². The van der Waals surface area contributed by atoms with Crippen LogP contribution in [0.1, 0.15) is 60.5 Å². The number of nitrogens with one attached hydrogen (secondary N) is 1. The predicted octanol–water partition coefficient (Wildman–Crippen LogP) is 4.53. The summed E-state index contributed by atoms with van der Waals surface area (Å²) in [6.07, 6.45) is 1.29. The Morgan fingerprint density at radius 3 is 2.20 bits per heavy atom. The molecule has 0 bridgehead atoms. The van der Waals surface area contributed by atoms with Crippen LogP contribution in [-0.2, 0) is 5.41 Å². The minimum atomic E-state index is 0.101. The third-order valence-corrected chi connectivity index (χ3v) is 3.38. The highest BCUT2D eigenvalue weighted by molar-refractivity contribution is 5.39. The van der Waals surface area contributed by atoms with Crippen molar-refractivity contribution in [2.45, 2.75) is 71.9 Å². The molecule has 2 heteroatoms. The molecule has 0 unspecified atom stereocenters. The van der Waals surface area contributed by atoms with E-state index < -0.39 is 0 Å². The quantitative estimate of drug-likeness (QED) is 0.825. The van der Waals surface area contributed by atoms with Crippen molar-refractivity contribution < 1.29 is 4.74 Å². The zero-order valence-electron chi connectivity index (χ0n) is 14.2. The van der Waals surface area contributed by atoms with E-state index in [1.807, 2.05) is 6.07 Å². The molecule has 114 valence electrons. The molecule has 1 N–H and O–H groups in total. The Labute approximate surface area is 124 Å². The lowest BCUT2D eigenvalue weighted by atomic mass is 9.81. The molecule has 1 aromatic rings. The Morgan fingerprint density at radius 1 is 1.05 bits per heavy atom. The Kier molecular flexibility index (Phi) is 5.64. The van der Waals surface area contributed by atoms with Crippen LogP contribution in [-0.4, -0.2) is 18.2 Å². The second-order valence-corrected chi connectivity index (χ2v) is 7.47. The van der Waals surface area contributed by atoms with Gasteiger partial charge in [-0.3, -0.25) is 0 Å². The maximum absolute atomic E-state index is 5.96. The molecule has 2 nitrogen and oxygen atoms in total. The van der Waals surface area contributed by atoms with Gasteiger partial charge in [-0.25, -0.2) is 0 Å². The highest BCUT2D eigenvalue weighted by Gasteiger charge is 2.25. The molecule has 0 radical (unpaired) electrons. The summed E-state index contributed by atoms with van der Waals surface area (Å²) in [5.41, 5.74) is 1.57. The maximum Gasteiger partial charge on any atom is 0.123 e. The summed E-state index contributed by atoms with van der Waals surface area (Å²) in [6, 6.07) is 8.41. The number of para-hydroxylation sites is 1. The van der Waals surface area contributed by atoms with Gasteiger partial charge in [0.2, 0.25) is 0 Å². The topological polar surface area (TPSA) is 21.3 Å². The number of hydrogen-bond donors (Lipinski definition) is 1. The van der Waals surface area contributed by atoms with Crippen LogP contribution in [0, 0.1) is 0 Å². The SMILES string of the molecule is CC(C)Oc1ccccc1C(C)(C)CCNC(C)(C)C. The average Bonchev–Trinajstić information content (AvgIpc) is 2.26. The molecular formula is C18H31NO. The zero-order valence-corrected chi connectivity index (χ0v) is 14.2. The molecule has 1 aromatic carbocycles. The van der Waals surface area contributed by atoms with Gasteiger partial charge in [-0.2, -0.15) is 0 Å². The standard InChI is InChI=1S/C18H31NO/c1-14(2)20-16-11-9-8-10-15(16)18(6,7)12-13-19-17(3,4)5/h8-11,14,19H,12-13H2,1-7H3. The lowest BCUT2D eigenvalue weighted by Crippen LogP contribution is -2.38. The van der Waals surface area contributed by atoms with E-state index in [2.05, 4.69) is 72.0 Å². The molecule has 0 aliphatic rings. The Bertz CT molecular complexity index is 416. The van der Waals surface area contributed by atoms with E-state index in [0.717, 1.165) is 18.7 Å². The fraction of sp³-hybridized carbons (Fsp3) is 0.667. The van der Waals surface area contributed by atoms with Crippen molar-refractivity contribution in [3.63, 3.8) is 0 Å². The first-order valence-electron chi connectivity index (χ1n) is 7.63. The maximum atomic E-state index is 5.96. The summed E-state index contributed by atoms with van der Waals surface area (Å²) in [7, 11) is 0. The van der Waals surface area contributed by atoms with Crippen LogP contribution in [0.2, 0.25) is 0 Å². The van der Waals surface area contributed by atoms with Crippen LogP contribution in [0.4, 0.5) is 0 Å². The normalized spacial score (nSPS) is 12.8. The van der Waals surface area contributed by atoms with Crippen molar-refractivity contribution in [3.8, 4) is 5.75 Å². The lowest BCUT2D eigenvalue weighted by Gasteiger charge is -2.30. The molecule has 20 heavy (non-hydrogen) atoms. The van der Waals surface area contributed by atoms with E-state index in [4.69, 9.17) is 4.74 Å². The number of hydrogen-bond acceptors (Lipinski definition) is 2. The van der Waals surface area contributed by atoms with Crippen LogP contribution >= 0.6 is 0 Å². The van der Waals surface area contributed by atoms with Gasteiger partial charge < -0.3 is 10.1 Å². The fourth-order valence-corrected chi connectivity index (χ4v) is 2.27. The molecule has 0 atom stereocenters. The van der Waals surface area contributed by atoms with Crippen molar-refractivity contribution >= 4 is 0 Å². The fourth-order valence-electron chi connectivity index (χ4n) is 2.27. The molecule has 0 aliphatic carbocycles. The Morgan fingerprint density at radius 2 is 1.65 bits per heavy atom. The Balaban J connectivity index is 2.81. The van der Waals surface area contributed by atoms with E-state index in [-0.39, 0.29) is 17.1 Å². The molecule has 0 aromatic heterocycles. The summed E-state index contributed by atoms with van der Waals surface area (Å²) >= 11 is 0. The number of ether oxygens (including phenoxy) is 1. The van der Waals surface area contributed by atoms with Gasteiger partial charge in [0.1, 0.15) is 5.75 Å². The molecule has 0 fully saturated rings. The minimum Gasteiger partial charge on any atom is -0.491 e. The molecular weight excluding hydrogens is 246 g/mol. The van der Waals surface area contributed by atoms with E-state index in [0.29, 0.717) is 0 Å². The van der Waals surface area contributed by atoms with Crippen LogP contribution < -0.4 is 10.1 Å². The van der Waals surface area contributed by atoms with Crippen molar-refractivity contribution in [3.05, 3.63) is 29.8 Å². The Hall–Kier alpha value is -1.02. The third kappa shape index (κ3) is 5.54. The molecule has 0 heterocycles. The van der Waals surface area contributed by atoms with Gasteiger partial charge in [0.25, 0.3) is 0 Å². The minimum absolute atomic E-state index is 0.101. The summed E-state index contributed by atoms with van der Waals surface area (Å²) in [5.74, 6) is 1.02. The van der Waals surface area contributed by atoms with Crippen LogP contribution in [0.3, 0.4) is 0 Å². The summed E-state index contributed by atoms with van der Waals surface area (Å²) < 4.78 is 5.96. The predicted molar refractivity (Wildman–Crippen MR) is 87.6 cm³/mol. The molecule has 0 amide bonds. The molecule has 0 saturated carbocycles. The van der Waals surface area contributed by atoms with E-state index >= 15 is 0 Å². The summed E-state index contributed by atoms with van der Waals surface area (Å²) in [4.78, 5) is 0. The molecule has 0 spiro atoms. The highest BCUT2D eigenvalue weighted by Crippen LogP contribution is 2.34. The van der Waals surface area contributed by atoms with E-state index in [1.54, 1.807) is 0 Å². The zero-order chi connectivity index (χ0) is 15.4. The van der Waals surface area contributed by atoms with Gasteiger partial charge in [-0.1, -0.05) is 32.0 Å². The molecule has 0 aliphatic heterocycles. The largest absolute Gasteiger partial charge is 0.491 e. The van der Waals surface area contributed by atoms with Crippen molar-refractivity contribution in [2.75, 3.05) is 6.54 Å². The first kappa shape index (κ1) is 17.0. The van der Waals surface area contributed by atoms with Crippen LogP contribution in [0.25, 0.3) is 0 Å². The van der Waals surface area contributed by atoms with E-state index in [9.17, 15) is 0 Å². The van der Waals surface area contributed by atoms with Gasteiger partial charge >= 0.3 is 0 Å². The second-order valence-electron chi connectivity index (χ2n) is 7.47. The van der Waals surface area contributed by atoms with Crippen LogP contribution in [0.15, 0.2) is 24.3 Å². The molecule has 0 saturated heterocycles. The summed E-state index contributed by atoms with van der Waals surface area (Å²) in [6.45, 7) is 16.4. The van der Waals surface area contributed by atoms with E-state index in [1.165, 1.54) is 5.56 Å².